The van der Waals surface area contributed by atoms with Crippen molar-refractivity contribution >= 4 is 0 Å². The van der Waals surface area contributed by atoms with E-state index in [2.05, 4.69) is 32.1 Å². The number of ether oxygens (including phenoxy) is 2. The van der Waals surface area contributed by atoms with Crippen molar-refractivity contribution in [2.45, 2.75) is 84.2 Å². The van der Waals surface area contributed by atoms with Crippen molar-refractivity contribution in [2.75, 3.05) is 6.79 Å². The van der Waals surface area contributed by atoms with Crippen LogP contribution >= 0.6 is 0 Å². The second-order valence-electron chi connectivity index (χ2n) is 7.40. The Hall–Kier alpha value is -1.48. The maximum Gasteiger partial charge on any atom is 0.231 e. The quantitative estimate of drug-likeness (QED) is 0.515. The summed E-state index contributed by atoms with van der Waals surface area (Å²) in [6.07, 6.45) is 12.1. The fourth-order valence-corrected chi connectivity index (χ4v) is 3.15. The van der Waals surface area contributed by atoms with Crippen molar-refractivity contribution in [2.24, 2.45) is 0 Å². The van der Waals surface area contributed by atoms with Crippen molar-refractivity contribution < 1.29 is 14.6 Å². The largest absolute Gasteiger partial charge is 0.454 e. The molecule has 0 fully saturated rings. The number of benzene rings is 1. The van der Waals surface area contributed by atoms with Crippen LogP contribution in [0.4, 0.5) is 0 Å². The van der Waals surface area contributed by atoms with Crippen molar-refractivity contribution in [3.05, 3.63) is 35.4 Å². The molecule has 0 saturated carbocycles. The smallest absolute Gasteiger partial charge is 0.231 e. The van der Waals surface area contributed by atoms with Gasteiger partial charge >= 0.3 is 0 Å². The monoisotopic (exact) mass is 346 g/mol. The summed E-state index contributed by atoms with van der Waals surface area (Å²) >= 11 is 0. The maximum atomic E-state index is 10.2. The second-order valence-corrected chi connectivity index (χ2v) is 7.40. The van der Waals surface area contributed by atoms with E-state index in [1.165, 1.54) is 24.8 Å². The third-order valence-corrected chi connectivity index (χ3v) is 5.13. The Kier molecular flexibility index (Phi) is 7.83. The summed E-state index contributed by atoms with van der Waals surface area (Å²) in [6.45, 7) is 6.58. The SMILES string of the molecule is CCCC/C(=C\CCc1ccc2c(c1)OCO2)CCCC(C)(O)CC. The predicted molar refractivity (Wildman–Crippen MR) is 103 cm³/mol. The highest BCUT2D eigenvalue weighted by atomic mass is 16.7. The molecule has 1 N–H and O–H groups in total. The number of fused-ring (bicyclic) bond motifs is 1. The molecule has 0 saturated heterocycles. The highest BCUT2D eigenvalue weighted by Crippen LogP contribution is 2.33. The summed E-state index contributed by atoms with van der Waals surface area (Å²) in [4.78, 5) is 0. The molecule has 0 spiro atoms. The Labute approximate surface area is 153 Å². The molecule has 1 aromatic rings. The van der Waals surface area contributed by atoms with Gasteiger partial charge in [-0.25, -0.2) is 0 Å². The van der Waals surface area contributed by atoms with E-state index >= 15 is 0 Å². The number of hydrogen-bond acceptors (Lipinski definition) is 3. The normalized spacial score (nSPS) is 16.1. The van der Waals surface area contributed by atoms with Gasteiger partial charge in [0.1, 0.15) is 0 Å². The first kappa shape index (κ1) is 19.8. The first-order chi connectivity index (χ1) is 12.0. The van der Waals surface area contributed by atoms with E-state index < -0.39 is 5.60 Å². The summed E-state index contributed by atoms with van der Waals surface area (Å²) in [6, 6.07) is 6.23. The van der Waals surface area contributed by atoms with Crippen LogP contribution in [-0.4, -0.2) is 17.5 Å². The predicted octanol–water partition coefficient (Wildman–Crippen LogP) is 5.80. The minimum Gasteiger partial charge on any atom is -0.454 e. The van der Waals surface area contributed by atoms with Crippen LogP contribution in [0.3, 0.4) is 0 Å². The Morgan fingerprint density at radius 1 is 1.16 bits per heavy atom. The summed E-state index contributed by atoms with van der Waals surface area (Å²) < 4.78 is 10.8. The number of hydrogen-bond donors (Lipinski definition) is 1. The van der Waals surface area contributed by atoms with Gasteiger partial charge in [0.2, 0.25) is 6.79 Å². The van der Waals surface area contributed by atoms with E-state index in [9.17, 15) is 5.11 Å². The van der Waals surface area contributed by atoms with Gasteiger partial charge in [-0.15, -0.1) is 0 Å². The lowest BCUT2D eigenvalue weighted by atomic mass is 9.93. The zero-order valence-corrected chi connectivity index (χ0v) is 16.1. The van der Waals surface area contributed by atoms with Gasteiger partial charge in [-0.3, -0.25) is 0 Å². The van der Waals surface area contributed by atoms with Crippen LogP contribution in [0.5, 0.6) is 11.5 Å². The van der Waals surface area contributed by atoms with Crippen LogP contribution in [-0.2, 0) is 6.42 Å². The van der Waals surface area contributed by atoms with Crippen molar-refractivity contribution in [1.82, 2.24) is 0 Å². The van der Waals surface area contributed by atoms with E-state index in [-0.39, 0.29) is 0 Å². The topological polar surface area (TPSA) is 38.7 Å². The Morgan fingerprint density at radius 2 is 1.92 bits per heavy atom. The molecule has 0 aliphatic carbocycles. The van der Waals surface area contributed by atoms with Crippen LogP contribution in [0.25, 0.3) is 0 Å². The zero-order chi connectivity index (χ0) is 18.1. The number of aliphatic hydroxyl groups is 1. The van der Waals surface area contributed by atoms with Crippen molar-refractivity contribution in [3.8, 4) is 11.5 Å². The summed E-state index contributed by atoms with van der Waals surface area (Å²) in [5.41, 5.74) is 2.33. The number of unbranched alkanes of at least 4 members (excludes halogenated alkanes) is 1. The first-order valence-electron chi connectivity index (χ1n) is 9.83. The van der Waals surface area contributed by atoms with Crippen molar-refractivity contribution in [3.63, 3.8) is 0 Å². The molecule has 140 valence electrons. The Bertz CT molecular complexity index is 560. The van der Waals surface area contributed by atoms with E-state index in [0.717, 1.165) is 50.0 Å². The highest BCUT2D eigenvalue weighted by Gasteiger charge is 2.16. The lowest BCUT2D eigenvalue weighted by Crippen LogP contribution is -2.22. The third kappa shape index (κ3) is 6.74. The van der Waals surface area contributed by atoms with E-state index in [1.807, 2.05) is 13.0 Å². The molecule has 3 heteroatoms. The highest BCUT2D eigenvalue weighted by molar-refractivity contribution is 5.44. The standard InChI is InChI=1S/C22H34O3/c1-4-6-9-18(12-8-15-22(3,23)5-2)10-7-11-19-13-14-20-21(16-19)25-17-24-20/h10,13-14,16,23H,4-9,11-12,15,17H2,1-3H3/b18-10+. The third-order valence-electron chi connectivity index (χ3n) is 5.13. The maximum absolute atomic E-state index is 10.2. The average Bonchev–Trinajstić information content (AvgIpc) is 3.07. The molecular weight excluding hydrogens is 312 g/mol. The summed E-state index contributed by atoms with van der Waals surface area (Å²) in [7, 11) is 0. The van der Waals surface area contributed by atoms with E-state index in [1.54, 1.807) is 5.57 Å². The second kappa shape index (κ2) is 9.86. The molecule has 1 aromatic carbocycles. The van der Waals surface area contributed by atoms with Crippen LogP contribution in [0.2, 0.25) is 0 Å². The van der Waals surface area contributed by atoms with Gasteiger partial charge in [0, 0.05) is 0 Å². The summed E-state index contributed by atoms with van der Waals surface area (Å²) in [5.74, 6) is 1.72. The van der Waals surface area contributed by atoms with E-state index in [0.29, 0.717) is 6.79 Å². The molecule has 1 heterocycles. The number of allylic oxidation sites excluding steroid dienone is 2. The minimum atomic E-state index is -0.512. The minimum absolute atomic E-state index is 0.335. The van der Waals surface area contributed by atoms with Gasteiger partial charge < -0.3 is 14.6 Å². The first-order valence-corrected chi connectivity index (χ1v) is 9.83. The van der Waals surface area contributed by atoms with Gasteiger partial charge in [0.15, 0.2) is 11.5 Å². The van der Waals surface area contributed by atoms with Gasteiger partial charge in [0.25, 0.3) is 0 Å². The molecule has 0 amide bonds. The van der Waals surface area contributed by atoms with Gasteiger partial charge in [0.05, 0.1) is 5.60 Å². The van der Waals surface area contributed by atoms with Crippen LogP contribution in [0.15, 0.2) is 29.8 Å². The van der Waals surface area contributed by atoms with Crippen LogP contribution in [0, 0.1) is 0 Å². The van der Waals surface area contributed by atoms with Gasteiger partial charge in [-0.05, 0) is 76.0 Å². The molecule has 1 atom stereocenters. The molecule has 0 radical (unpaired) electrons. The zero-order valence-electron chi connectivity index (χ0n) is 16.1. The number of rotatable bonds is 11. The molecule has 25 heavy (non-hydrogen) atoms. The fraction of sp³-hybridized carbons (Fsp3) is 0.636. The van der Waals surface area contributed by atoms with Gasteiger partial charge in [-0.2, -0.15) is 0 Å². The molecule has 0 bridgehead atoms. The van der Waals surface area contributed by atoms with Crippen LogP contribution < -0.4 is 9.47 Å². The fourth-order valence-electron chi connectivity index (χ4n) is 3.15. The van der Waals surface area contributed by atoms with Gasteiger partial charge in [-0.1, -0.05) is 38.0 Å². The number of aryl methyl sites for hydroxylation is 1. The Balaban J connectivity index is 1.84. The molecule has 0 aromatic heterocycles. The average molecular weight is 347 g/mol. The molecular formula is C22H34O3. The van der Waals surface area contributed by atoms with Crippen LogP contribution in [0.1, 0.15) is 77.7 Å². The molecule has 3 nitrogen and oxygen atoms in total. The van der Waals surface area contributed by atoms with Crippen molar-refractivity contribution in [1.29, 1.82) is 0 Å². The molecule has 1 unspecified atom stereocenters. The lowest BCUT2D eigenvalue weighted by Gasteiger charge is -2.21. The Morgan fingerprint density at radius 3 is 2.68 bits per heavy atom. The molecule has 2 rings (SSSR count). The lowest BCUT2D eigenvalue weighted by molar-refractivity contribution is 0.0450. The summed E-state index contributed by atoms with van der Waals surface area (Å²) in [5, 5.41) is 10.2. The molecule has 1 aliphatic heterocycles. The molecule has 1 aliphatic rings. The van der Waals surface area contributed by atoms with E-state index in [4.69, 9.17) is 9.47 Å².